The molecule has 0 spiro atoms. The molecule has 0 saturated carbocycles. The Balaban J connectivity index is 1.18. The van der Waals surface area contributed by atoms with E-state index in [0.717, 1.165) is 24.5 Å². The minimum Gasteiger partial charge on any atom is -0.487 e. The van der Waals surface area contributed by atoms with Crippen LogP contribution in [0.25, 0.3) is 0 Å². The molecule has 186 valence electrons. The number of pyridine rings is 1. The molecule has 0 radical (unpaired) electrons. The van der Waals surface area contributed by atoms with E-state index in [1.165, 1.54) is 36.2 Å². The first kappa shape index (κ1) is 24.2. The minimum atomic E-state index is -0.719. The van der Waals surface area contributed by atoms with Gasteiger partial charge in [0.05, 0.1) is 9.95 Å². The van der Waals surface area contributed by atoms with Gasteiger partial charge in [0.2, 0.25) is 0 Å². The summed E-state index contributed by atoms with van der Waals surface area (Å²) in [6.07, 6.45) is 3.98. The van der Waals surface area contributed by atoms with Gasteiger partial charge in [-0.1, -0.05) is 12.1 Å². The topological polar surface area (TPSA) is 85.6 Å². The number of halogens is 2. The minimum absolute atomic E-state index is 0.0215. The highest BCUT2D eigenvalue weighted by molar-refractivity contribution is 7.98. The molecular weight excluding hydrogens is 488 g/mol. The summed E-state index contributed by atoms with van der Waals surface area (Å²) in [7, 11) is 0. The van der Waals surface area contributed by atoms with Crippen LogP contribution in [-0.2, 0) is 5.75 Å². The number of carbonyl (C=O) groups excluding carboxylic acids is 1. The van der Waals surface area contributed by atoms with Gasteiger partial charge in [0, 0.05) is 48.4 Å². The van der Waals surface area contributed by atoms with E-state index < -0.39 is 16.6 Å². The van der Waals surface area contributed by atoms with Crippen LogP contribution in [0.1, 0.15) is 41.6 Å². The van der Waals surface area contributed by atoms with Crippen LogP contribution >= 0.6 is 11.8 Å². The maximum Gasteiger partial charge on any atom is 0.287 e. The average molecular weight is 512 g/mol. The van der Waals surface area contributed by atoms with Crippen molar-refractivity contribution in [3.8, 4) is 5.75 Å². The number of hydrogen-bond donors (Lipinski definition) is 0. The van der Waals surface area contributed by atoms with Crippen LogP contribution in [-0.4, -0.2) is 38.9 Å². The number of nitro groups is 1. The van der Waals surface area contributed by atoms with Crippen molar-refractivity contribution < 1.29 is 23.2 Å². The van der Waals surface area contributed by atoms with Crippen molar-refractivity contribution in [1.82, 2.24) is 9.88 Å². The van der Waals surface area contributed by atoms with Gasteiger partial charge in [-0.05, 0) is 48.7 Å². The Kier molecular flexibility index (Phi) is 6.86. The monoisotopic (exact) mass is 511 g/mol. The summed E-state index contributed by atoms with van der Waals surface area (Å²) in [5.74, 6) is -0.729. The molecule has 3 heterocycles. The van der Waals surface area contributed by atoms with Gasteiger partial charge in [0.25, 0.3) is 11.6 Å². The quantitative estimate of drug-likeness (QED) is 0.227. The van der Waals surface area contributed by atoms with Crippen molar-refractivity contribution in [2.24, 2.45) is 0 Å². The number of benzene rings is 2. The summed E-state index contributed by atoms with van der Waals surface area (Å²) in [6, 6.07) is 13.8. The van der Waals surface area contributed by atoms with Crippen LogP contribution in [0.2, 0.25) is 0 Å². The van der Waals surface area contributed by atoms with E-state index in [2.05, 4.69) is 4.98 Å². The summed E-state index contributed by atoms with van der Waals surface area (Å²) < 4.78 is 33.0. The van der Waals surface area contributed by atoms with Gasteiger partial charge >= 0.3 is 0 Å². The molecule has 1 aromatic heterocycles. The fourth-order valence-electron chi connectivity index (χ4n) is 4.92. The predicted molar refractivity (Wildman–Crippen MR) is 130 cm³/mol. The van der Waals surface area contributed by atoms with Gasteiger partial charge in [-0.3, -0.25) is 14.9 Å². The Bertz CT molecular complexity index is 1260. The zero-order chi connectivity index (χ0) is 25.2. The van der Waals surface area contributed by atoms with Crippen molar-refractivity contribution in [3.05, 3.63) is 93.7 Å². The summed E-state index contributed by atoms with van der Waals surface area (Å²) in [5.41, 5.74) is 1.57. The lowest BCUT2D eigenvalue weighted by atomic mass is 9.98. The number of hydrogen-bond acceptors (Lipinski definition) is 6. The zero-order valence-electron chi connectivity index (χ0n) is 19.2. The average Bonchev–Trinajstić information content (AvgIpc) is 3.14. The molecule has 0 N–H and O–H groups in total. The lowest BCUT2D eigenvalue weighted by Gasteiger charge is -2.39. The first-order valence-corrected chi connectivity index (χ1v) is 12.6. The number of ether oxygens (including phenoxy) is 1. The number of aromatic nitrogens is 1. The van der Waals surface area contributed by atoms with Crippen molar-refractivity contribution in [3.63, 3.8) is 0 Å². The molecule has 2 unspecified atom stereocenters. The maximum absolute atomic E-state index is 14.0. The van der Waals surface area contributed by atoms with Gasteiger partial charge in [-0.25, -0.2) is 13.8 Å². The third kappa shape index (κ3) is 5.18. The number of nitrogens with zero attached hydrogens (tertiary/aromatic N) is 3. The van der Waals surface area contributed by atoms with E-state index in [1.54, 1.807) is 6.07 Å². The summed E-state index contributed by atoms with van der Waals surface area (Å²) in [6.45, 7) is 0. The first-order chi connectivity index (χ1) is 17.4. The second-order valence-electron chi connectivity index (χ2n) is 8.98. The van der Waals surface area contributed by atoms with E-state index in [1.807, 2.05) is 29.2 Å². The molecule has 2 atom stereocenters. The molecule has 2 saturated heterocycles. The van der Waals surface area contributed by atoms with E-state index in [4.69, 9.17) is 4.74 Å². The van der Waals surface area contributed by atoms with Gasteiger partial charge in [-0.15, -0.1) is 11.8 Å². The number of thioether (sulfide) groups is 1. The van der Waals surface area contributed by atoms with Gasteiger partial charge < -0.3 is 9.64 Å². The van der Waals surface area contributed by atoms with Crippen molar-refractivity contribution in [2.75, 3.05) is 0 Å². The Morgan fingerprint density at radius 1 is 1.08 bits per heavy atom. The molecule has 2 bridgehead atoms. The van der Waals surface area contributed by atoms with E-state index in [9.17, 15) is 23.7 Å². The van der Waals surface area contributed by atoms with E-state index >= 15 is 0 Å². The second-order valence-corrected chi connectivity index (χ2v) is 9.98. The number of piperidine rings is 1. The molecule has 5 rings (SSSR count). The number of fused-ring (bicyclic) bond motifs is 2. The largest absolute Gasteiger partial charge is 0.487 e. The van der Waals surface area contributed by atoms with E-state index in [-0.39, 0.29) is 35.5 Å². The van der Waals surface area contributed by atoms with E-state index in [0.29, 0.717) is 29.2 Å². The van der Waals surface area contributed by atoms with Crippen LogP contribution in [0.4, 0.5) is 14.5 Å². The predicted octanol–water partition coefficient (Wildman–Crippen LogP) is 5.77. The van der Waals surface area contributed by atoms with Gasteiger partial charge in [0.15, 0.2) is 11.6 Å². The highest BCUT2D eigenvalue weighted by Gasteiger charge is 2.44. The number of rotatable bonds is 7. The first-order valence-electron chi connectivity index (χ1n) is 11.6. The standard InChI is InChI=1S/C26H23F2N3O4S/c27-18-5-9-24(23(28)11-18)35-22-12-19-6-7-20(13-22)30(19)26(32)17-3-1-16(2-4-17)15-36-25-10-8-21(14-29-25)31(33)34/h1-5,8-11,14,19-20,22H,6-7,12-13,15H2. The smallest absolute Gasteiger partial charge is 0.287 e. The summed E-state index contributed by atoms with van der Waals surface area (Å²) >= 11 is 1.46. The highest BCUT2D eigenvalue weighted by Crippen LogP contribution is 2.38. The Morgan fingerprint density at radius 3 is 2.42 bits per heavy atom. The van der Waals surface area contributed by atoms with Crippen LogP contribution in [0, 0.1) is 21.7 Å². The fourth-order valence-corrected chi connectivity index (χ4v) is 5.72. The number of carbonyl (C=O) groups is 1. The summed E-state index contributed by atoms with van der Waals surface area (Å²) in [5, 5.41) is 11.4. The highest BCUT2D eigenvalue weighted by atomic mass is 32.2. The van der Waals surface area contributed by atoms with Crippen LogP contribution in [0.5, 0.6) is 5.75 Å². The second kappa shape index (κ2) is 10.2. The van der Waals surface area contributed by atoms with Crippen molar-refractivity contribution in [2.45, 2.75) is 54.6 Å². The van der Waals surface area contributed by atoms with Crippen molar-refractivity contribution in [1.29, 1.82) is 0 Å². The molecular formula is C26H23F2N3O4S. The lowest BCUT2D eigenvalue weighted by Crippen LogP contribution is -2.49. The molecule has 2 aliphatic rings. The maximum atomic E-state index is 14.0. The lowest BCUT2D eigenvalue weighted by molar-refractivity contribution is -0.385. The molecule has 0 aliphatic carbocycles. The fraction of sp³-hybridized carbons (Fsp3) is 0.308. The van der Waals surface area contributed by atoms with Gasteiger partial charge in [-0.2, -0.15) is 0 Å². The normalized spacial score (nSPS) is 20.8. The molecule has 3 aromatic rings. The van der Waals surface area contributed by atoms with Crippen LogP contribution in [0.15, 0.2) is 65.8 Å². The molecule has 2 fully saturated rings. The Hall–Kier alpha value is -3.53. The Morgan fingerprint density at radius 2 is 1.81 bits per heavy atom. The van der Waals surface area contributed by atoms with Crippen molar-refractivity contribution >= 4 is 23.4 Å². The van der Waals surface area contributed by atoms with Crippen LogP contribution in [0.3, 0.4) is 0 Å². The third-order valence-electron chi connectivity index (χ3n) is 6.63. The molecule has 1 amide bonds. The molecule has 10 heteroatoms. The van der Waals surface area contributed by atoms with Gasteiger partial charge in [0.1, 0.15) is 18.1 Å². The molecule has 2 aliphatic heterocycles. The van der Waals surface area contributed by atoms with Crippen LogP contribution < -0.4 is 4.74 Å². The zero-order valence-corrected chi connectivity index (χ0v) is 20.0. The molecule has 7 nitrogen and oxygen atoms in total. The SMILES string of the molecule is O=C(c1ccc(CSc2ccc([N+](=O)[O-])cn2)cc1)N1C2CCC1CC(Oc1ccc(F)cc1F)C2. The third-order valence-corrected chi connectivity index (χ3v) is 7.65. The Labute approximate surface area is 210 Å². The molecule has 2 aromatic carbocycles. The number of amides is 1. The molecule has 36 heavy (non-hydrogen) atoms. The summed E-state index contributed by atoms with van der Waals surface area (Å²) in [4.78, 5) is 29.6.